The molecule has 1 aromatic carbocycles. The van der Waals surface area contributed by atoms with Crippen LogP contribution in [-0.4, -0.2) is 11.1 Å². The van der Waals surface area contributed by atoms with Gasteiger partial charge in [-0.15, -0.1) is 0 Å². The fourth-order valence-corrected chi connectivity index (χ4v) is 1.58. The molecule has 0 heterocycles. The Morgan fingerprint density at radius 1 is 1.54 bits per heavy atom. The highest BCUT2D eigenvalue weighted by atomic mass is 79.9. The summed E-state index contributed by atoms with van der Waals surface area (Å²) >= 11 is 3.43. The largest absolute Gasteiger partial charge is 0.508 e. The van der Waals surface area contributed by atoms with Crippen molar-refractivity contribution >= 4 is 15.9 Å². The van der Waals surface area contributed by atoms with E-state index < -0.39 is 0 Å². The third-order valence-electron chi connectivity index (χ3n) is 1.90. The molecule has 0 unspecified atom stereocenters. The van der Waals surface area contributed by atoms with E-state index in [1.807, 2.05) is 13.0 Å². The molecule has 1 aromatic rings. The van der Waals surface area contributed by atoms with E-state index in [1.165, 1.54) is 0 Å². The predicted molar refractivity (Wildman–Crippen MR) is 57.8 cm³/mol. The predicted octanol–water partition coefficient (Wildman–Crippen LogP) is 2.43. The highest BCUT2D eigenvalue weighted by molar-refractivity contribution is 9.10. The lowest BCUT2D eigenvalue weighted by Crippen LogP contribution is -2.15. The molecular weight excluding hydrogens is 230 g/mol. The Morgan fingerprint density at radius 3 is 2.85 bits per heavy atom. The van der Waals surface area contributed by atoms with Gasteiger partial charge in [0.15, 0.2) is 0 Å². The molecule has 3 N–H and O–H groups in total. The van der Waals surface area contributed by atoms with Crippen molar-refractivity contribution in [1.29, 1.82) is 0 Å². The van der Waals surface area contributed by atoms with E-state index in [0.717, 1.165) is 22.9 Å². The summed E-state index contributed by atoms with van der Waals surface area (Å²) in [5, 5.41) is 9.25. The van der Waals surface area contributed by atoms with Gasteiger partial charge in [0.1, 0.15) is 5.75 Å². The van der Waals surface area contributed by atoms with Gasteiger partial charge < -0.3 is 10.8 Å². The number of hydrogen-bond donors (Lipinski definition) is 2. The van der Waals surface area contributed by atoms with E-state index >= 15 is 0 Å². The first-order chi connectivity index (χ1) is 6.09. The Hall–Kier alpha value is -0.540. The molecule has 1 atom stereocenters. The molecule has 13 heavy (non-hydrogen) atoms. The lowest BCUT2D eigenvalue weighted by Gasteiger charge is -2.07. The van der Waals surface area contributed by atoms with Crippen molar-refractivity contribution in [3.63, 3.8) is 0 Å². The maximum Gasteiger partial charge on any atom is 0.115 e. The van der Waals surface area contributed by atoms with Gasteiger partial charge in [-0.05, 0) is 43.5 Å². The summed E-state index contributed by atoms with van der Waals surface area (Å²) in [4.78, 5) is 0. The third kappa shape index (κ3) is 3.36. The van der Waals surface area contributed by atoms with Gasteiger partial charge in [0.2, 0.25) is 0 Å². The molecule has 0 aliphatic rings. The van der Waals surface area contributed by atoms with E-state index in [9.17, 15) is 5.11 Å². The second-order valence-corrected chi connectivity index (χ2v) is 4.15. The quantitative estimate of drug-likeness (QED) is 0.857. The summed E-state index contributed by atoms with van der Waals surface area (Å²) in [5.74, 6) is 0.308. The number of hydrogen-bond acceptors (Lipinski definition) is 2. The van der Waals surface area contributed by atoms with Crippen LogP contribution in [0.3, 0.4) is 0 Å². The summed E-state index contributed by atoms with van der Waals surface area (Å²) in [6.07, 6.45) is 1.83. The number of nitrogens with two attached hydrogens (primary N) is 1. The van der Waals surface area contributed by atoms with Gasteiger partial charge in [-0.2, -0.15) is 0 Å². The summed E-state index contributed by atoms with van der Waals surface area (Å²) in [6.45, 7) is 1.98. The van der Waals surface area contributed by atoms with Crippen molar-refractivity contribution in [1.82, 2.24) is 0 Å². The van der Waals surface area contributed by atoms with E-state index in [-0.39, 0.29) is 6.04 Å². The summed E-state index contributed by atoms with van der Waals surface area (Å²) in [7, 11) is 0. The maximum absolute atomic E-state index is 9.25. The third-order valence-corrected chi connectivity index (χ3v) is 2.67. The minimum atomic E-state index is 0.203. The molecule has 0 saturated heterocycles. The van der Waals surface area contributed by atoms with Crippen molar-refractivity contribution < 1.29 is 5.11 Å². The Balaban J connectivity index is 2.70. The lowest BCUT2D eigenvalue weighted by atomic mass is 10.1. The smallest absolute Gasteiger partial charge is 0.115 e. The highest BCUT2D eigenvalue weighted by Crippen LogP contribution is 2.22. The van der Waals surface area contributed by atoms with Crippen LogP contribution in [0.5, 0.6) is 5.75 Å². The molecule has 0 fully saturated rings. The number of aromatic hydroxyl groups is 1. The van der Waals surface area contributed by atoms with Gasteiger partial charge in [-0.1, -0.05) is 15.9 Å². The zero-order valence-electron chi connectivity index (χ0n) is 7.63. The van der Waals surface area contributed by atoms with Gasteiger partial charge >= 0.3 is 0 Å². The van der Waals surface area contributed by atoms with Gasteiger partial charge in [-0.3, -0.25) is 0 Å². The van der Waals surface area contributed by atoms with Gasteiger partial charge in [0.25, 0.3) is 0 Å². The first-order valence-electron chi connectivity index (χ1n) is 4.32. The molecular formula is C10H14BrNO. The standard InChI is InChI=1S/C10H14BrNO/c1-7(12)2-3-8-6-9(13)4-5-10(8)11/h4-7,13H,2-3,12H2,1H3/t7-/m1/s1. The fourth-order valence-electron chi connectivity index (χ4n) is 1.14. The summed E-state index contributed by atoms with van der Waals surface area (Å²) in [5.41, 5.74) is 6.76. The highest BCUT2D eigenvalue weighted by Gasteiger charge is 2.02. The van der Waals surface area contributed by atoms with Crippen LogP contribution >= 0.6 is 15.9 Å². The minimum Gasteiger partial charge on any atom is -0.508 e. The fraction of sp³-hybridized carbons (Fsp3) is 0.400. The zero-order chi connectivity index (χ0) is 9.84. The van der Waals surface area contributed by atoms with E-state index in [0.29, 0.717) is 5.75 Å². The topological polar surface area (TPSA) is 46.2 Å². The number of benzene rings is 1. The number of phenolic OH excluding ortho intramolecular Hbond substituents is 1. The van der Waals surface area contributed by atoms with Gasteiger partial charge in [0.05, 0.1) is 0 Å². The summed E-state index contributed by atoms with van der Waals surface area (Å²) in [6, 6.07) is 5.49. The molecule has 0 aliphatic heterocycles. The second-order valence-electron chi connectivity index (χ2n) is 3.29. The van der Waals surface area contributed by atoms with Crippen LogP contribution < -0.4 is 5.73 Å². The monoisotopic (exact) mass is 243 g/mol. The van der Waals surface area contributed by atoms with Crippen LogP contribution in [0.4, 0.5) is 0 Å². The van der Waals surface area contributed by atoms with E-state index in [4.69, 9.17) is 5.73 Å². The first kappa shape index (κ1) is 10.5. The Morgan fingerprint density at radius 2 is 2.23 bits per heavy atom. The van der Waals surface area contributed by atoms with Crippen LogP contribution in [0.25, 0.3) is 0 Å². The average molecular weight is 244 g/mol. The van der Waals surface area contributed by atoms with Crippen LogP contribution in [-0.2, 0) is 6.42 Å². The molecule has 1 rings (SSSR count). The van der Waals surface area contributed by atoms with Gasteiger partial charge in [-0.25, -0.2) is 0 Å². The maximum atomic E-state index is 9.25. The number of aryl methyl sites for hydroxylation is 1. The van der Waals surface area contributed by atoms with Crippen molar-refractivity contribution in [2.75, 3.05) is 0 Å². The van der Waals surface area contributed by atoms with Crippen molar-refractivity contribution in [2.45, 2.75) is 25.8 Å². The van der Waals surface area contributed by atoms with Crippen LogP contribution in [0.2, 0.25) is 0 Å². The molecule has 0 saturated carbocycles. The normalized spacial score (nSPS) is 12.8. The zero-order valence-corrected chi connectivity index (χ0v) is 9.21. The van der Waals surface area contributed by atoms with E-state index in [1.54, 1.807) is 12.1 Å². The molecule has 0 radical (unpaired) electrons. The van der Waals surface area contributed by atoms with E-state index in [2.05, 4.69) is 15.9 Å². The Labute approximate surface area is 86.9 Å². The molecule has 2 nitrogen and oxygen atoms in total. The number of halogens is 1. The second kappa shape index (κ2) is 4.63. The number of rotatable bonds is 3. The molecule has 0 bridgehead atoms. The molecule has 0 spiro atoms. The Kier molecular flexibility index (Phi) is 3.75. The Bertz CT molecular complexity index is 286. The molecule has 72 valence electrons. The number of phenols is 1. The lowest BCUT2D eigenvalue weighted by molar-refractivity contribution is 0.474. The van der Waals surface area contributed by atoms with Crippen molar-refractivity contribution in [3.8, 4) is 5.75 Å². The molecule has 0 aliphatic carbocycles. The van der Waals surface area contributed by atoms with Gasteiger partial charge in [0, 0.05) is 10.5 Å². The molecule has 3 heteroatoms. The van der Waals surface area contributed by atoms with Crippen molar-refractivity contribution in [2.24, 2.45) is 5.73 Å². The first-order valence-corrected chi connectivity index (χ1v) is 5.12. The van der Waals surface area contributed by atoms with Crippen LogP contribution in [0.1, 0.15) is 18.9 Å². The van der Waals surface area contributed by atoms with Crippen LogP contribution in [0, 0.1) is 0 Å². The molecule has 0 aromatic heterocycles. The molecule has 0 amide bonds. The van der Waals surface area contributed by atoms with Crippen molar-refractivity contribution in [3.05, 3.63) is 28.2 Å². The SMILES string of the molecule is C[C@@H](N)CCc1cc(O)ccc1Br. The van der Waals surface area contributed by atoms with Crippen LogP contribution in [0.15, 0.2) is 22.7 Å². The average Bonchev–Trinajstić information content (AvgIpc) is 2.06. The summed E-state index contributed by atoms with van der Waals surface area (Å²) < 4.78 is 1.03. The minimum absolute atomic E-state index is 0.203.